The summed E-state index contributed by atoms with van der Waals surface area (Å²) in [4.78, 5) is 31.6. The number of nitrogens with zero attached hydrogens (tertiary/aromatic N) is 4. The van der Waals surface area contributed by atoms with Crippen molar-refractivity contribution >= 4 is 11.8 Å². The lowest BCUT2D eigenvalue weighted by Gasteiger charge is -2.38. The summed E-state index contributed by atoms with van der Waals surface area (Å²) in [7, 11) is 0. The van der Waals surface area contributed by atoms with E-state index in [1.165, 1.54) is 12.1 Å². The van der Waals surface area contributed by atoms with Crippen molar-refractivity contribution in [1.82, 2.24) is 14.7 Å². The van der Waals surface area contributed by atoms with Gasteiger partial charge in [0.15, 0.2) is 0 Å². The highest BCUT2D eigenvalue weighted by molar-refractivity contribution is 5.86. The first-order valence-corrected chi connectivity index (χ1v) is 10.4. The lowest BCUT2D eigenvalue weighted by molar-refractivity contribution is -0.142. The maximum absolute atomic E-state index is 13.2. The maximum atomic E-state index is 13.2. The zero-order chi connectivity index (χ0) is 20.7. The Kier molecular flexibility index (Phi) is 5.30. The molecule has 4 rings (SSSR count). The Balaban J connectivity index is 1.39. The van der Waals surface area contributed by atoms with Crippen molar-refractivity contribution in [2.45, 2.75) is 57.3 Å². The van der Waals surface area contributed by atoms with Crippen molar-refractivity contribution in [2.24, 2.45) is 5.92 Å². The summed E-state index contributed by atoms with van der Waals surface area (Å²) < 4.78 is 13.2. The Morgan fingerprint density at radius 1 is 1.31 bits per heavy atom. The molecule has 1 aromatic rings. The van der Waals surface area contributed by atoms with Gasteiger partial charge in [0.05, 0.1) is 18.2 Å². The molecule has 5 atom stereocenters. The molecule has 6 nitrogen and oxygen atoms in total. The van der Waals surface area contributed by atoms with E-state index in [2.05, 4.69) is 11.0 Å². The quantitative estimate of drug-likeness (QED) is 0.763. The highest BCUT2D eigenvalue weighted by atomic mass is 19.1. The van der Waals surface area contributed by atoms with Crippen molar-refractivity contribution in [3.63, 3.8) is 0 Å². The van der Waals surface area contributed by atoms with E-state index in [1.54, 1.807) is 17.0 Å². The molecular formula is C22H27FN4O2. The van der Waals surface area contributed by atoms with Gasteiger partial charge in [-0.15, -0.1) is 0 Å². The minimum Gasteiger partial charge on any atom is -0.330 e. The minimum atomic E-state index is -0.311. The van der Waals surface area contributed by atoms with Gasteiger partial charge in [-0.1, -0.05) is 19.1 Å². The Morgan fingerprint density at radius 3 is 2.69 bits per heavy atom. The molecule has 154 valence electrons. The van der Waals surface area contributed by atoms with Gasteiger partial charge in [0.2, 0.25) is 11.8 Å². The molecule has 3 fully saturated rings. The number of hydrogen-bond donors (Lipinski definition) is 0. The first-order valence-electron chi connectivity index (χ1n) is 10.4. The minimum absolute atomic E-state index is 0.0146. The number of halogens is 1. The van der Waals surface area contributed by atoms with Crippen LogP contribution in [0.25, 0.3) is 0 Å². The molecule has 2 bridgehead atoms. The molecule has 0 radical (unpaired) electrons. The van der Waals surface area contributed by atoms with Crippen molar-refractivity contribution in [2.75, 3.05) is 19.6 Å². The molecule has 0 spiro atoms. The fraction of sp³-hybridized carbons (Fsp3) is 0.591. The molecule has 3 heterocycles. The van der Waals surface area contributed by atoms with Gasteiger partial charge in [0.25, 0.3) is 0 Å². The summed E-state index contributed by atoms with van der Waals surface area (Å²) in [5.74, 6) is -0.412. The summed E-state index contributed by atoms with van der Waals surface area (Å²) in [6.45, 7) is 5.82. The van der Waals surface area contributed by atoms with E-state index in [0.29, 0.717) is 13.1 Å². The number of rotatable bonds is 5. The predicted octanol–water partition coefficient (Wildman–Crippen LogP) is 2.32. The van der Waals surface area contributed by atoms with Crippen molar-refractivity contribution in [1.29, 1.82) is 5.26 Å². The lowest BCUT2D eigenvalue weighted by Crippen LogP contribution is -2.53. The Bertz CT molecular complexity index is 836. The van der Waals surface area contributed by atoms with Crippen LogP contribution >= 0.6 is 0 Å². The molecule has 0 N–H and O–H groups in total. The van der Waals surface area contributed by atoms with Gasteiger partial charge in [-0.25, -0.2) is 4.39 Å². The highest BCUT2D eigenvalue weighted by Gasteiger charge is 2.51. The third kappa shape index (κ3) is 3.51. The van der Waals surface area contributed by atoms with Crippen LogP contribution < -0.4 is 0 Å². The SMILES string of the molecule is C[C@@H](CN1C[C@H]2C[C@@H]1C(=O)N2[C@@H](C)c1ccc(F)cc1)C(=O)N1CCC[C@H]1C#N. The maximum Gasteiger partial charge on any atom is 0.240 e. The van der Waals surface area contributed by atoms with E-state index >= 15 is 0 Å². The van der Waals surface area contributed by atoms with Crippen molar-refractivity contribution in [3.8, 4) is 6.07 Å². The molecule has 7 heteroatoms. The molecule has 0 aromatic heterocycles. The van der Waals surface area contributed by atoms with E-state index in [1.807, 2.05) is 18.7 Å². The van der Waals surface area contributed by atoms with E-state index in [4.69, 9.17) is 0 Å². The molecule has 0 unspecified atom stereocenters. The second-order valence-corrected chi connectivity index (χ2v) is 8.55. The van der Waals surface area contributed by atoms with Crippen molar-refractivity contribution in [3.05, 3.63) is 35.6 Å². The monoisotopic (exact) mass is 398 g/mol. The van der Waals surface area contributed by atoms with Gasteiger partial charge < -0.3 is 9.80 Å². The normalized spacial score (nSPS) is 28.6. The van der Waals surface area contributed by atoms with Crippen molar-refractivity contribution < 1.29 is 14.0 Å². The number of benzene rings is 1. The van der Waals surface area contributed by atoms with Gasteiger partial charge >= 0.3 is 0 Å². The van der Waals surface area contributed by atoms with Crippen LogP contribution in [0.3, 0.4) is 0 Å². The number of likely N-dealkylation sites (tertiary alicyclic amines) is 3. The zero-order valence-electron chi connectivity index (χ0n) is 16.9. The van der Waals surface area contributed by atoms with Crippen LogP contribution in [0, 0.1) is 23.1 Å². The topological polar surface area (TPSA) is 67.7 Å². The second-order valence-electron chi connectivity index (χ2n) is 8.55. The molecule has 2 amide bonds. The number of nitriles is 1. The smallest absolute Gasteiger partial charge is 0.240 e. The van der Waals surface area contributed by atoms with Gasteiger partial charge in [-0.05, 0) is 43.9 Å². The molecule has 3 aliphatic rings. The second kappa shape index (κ2) is 7.75. The number of carbonyl (C=O) groups is 2. The first-order chi connectivity index (χ1) is 13.9. The zero-order valence-corrected chi connectivity index (χ0v) is 16.9. The summed E-state index contributed by atoms with van der Waals surface area (Å²) >= 11 is 0. The number of piperazine rings is 1. The summed E-state index contributed by atoms with van der Waals surface area (Å²) in [5, 5.41) is 9.24. The molecule has 3 saturated heterocycles. The molecule has 3 aliphatic heterocycles. The number of carbonyl (C=O) groups excluding carboxylic acids is 2. The van der Waals surface area contributed by atoms with E-state index < -0.39 is 0 Å². The lowest BCUT2D eigenvalue weighted by atomic mass is 10.0. The average molecular weight is 398 g/mol. The van der Waals surface area contributed by atoms with Crippen LogP contribution in [0.2, 0.25) is 0 Å². The standard InChI is InChI=1S/C22H27FN4O2/c1-14(21(28)26-9-3-4-18(26)11-24)12-25-13-19-10-20(25)22(29)27(19)15(2)16-5-7-17(23)8-6-16/h5-8,14-15,18-20H,3-4,9-10,12-13H2,1-2H3/t14-,15-,18-,19+,20+/m0/s1. The Morgan fingerprint density at radius 2 is 2.03 bits per heavy atom. The third-order valence-corrected chi connectivity index (χ3v) is 6.70. The molecule has 1 aromatic carbocycles. The fourth-order valence-corrected chi connectivity index (χ4v) is 5.18. The Hall–Kier alpha value is -2.46. The third-order valence-electron chi connectivity index (χ3n) is 6.70. The molecular weight excluding hydrogens is 371 g/mol. The van der Waals surface area contributed by atoms with Gasteiger partial charge in [0, 0.05) is 31.6 Å². The van der Waals surface area contributed by atoms with E-state index in [9.17, 15) is 19.2 Å². The van der Waals surface area contributed by atoms with E-state index in [-0.39, 0.29) is 47.7 Å². The largest absolute Gasteiger partial charge is 0.330 e. The van der Waals surface area contributed by atoms with Crippen LogP contribution in [0.1, 0.15) is 44.7 Å². The van der Waals surface area contributed by atoms with E-state index in [0.717, 1.165) is 31.4 Å². The van der Waals surface area contributed by atoms with Gasteiger partial charge in [0.1, 0.15) is 11.9 Å². The summed E-state index contributed by atoms with van der Waals surface area (Å²) in [6, 6.07) is 8.07. The number of fused-ring (bicyclic) bond motifs is 2. The molecule has 29 heavy (non-hydrogen) atoms. The fourth-order valence-electron chi connectivity index (χ4n) is 5.18. The van der Waals surface area contributed by atoms with Gasteiger partial charge in [-0.3, -0.25) is 14.5 Å². The van der Waals surface area contributed by atoms with Gasteiger partial charge in [-0.2, -0.15) is 5.26 Å². The first kappa shape index (κ1) is 19.8. The summed E-state index contributed by atoms with van der Waals surface area (Å²) in [5.41, 5.74) is 0.930. The van der Waals surface area contributed by atoms with Crippen LogP contribution in [0.4, 0.5) is 4.39 Å². The predicted molar refractivity (Wildman–Crippen MR) is 105 cm³/mol. The van der Waals surface area contributed by atoms with Crippen LogP contribution in [0.5, 0.6) is 0 Å². The number of hydrogen-bond acceptors (Lipinski definition) is 4. The van der Waals surface area contributed by atoms with Crippen LogP contribution in [0.15, 0.2) is 24.3 Å². The Labute approximate surface area is 170 Å². The average Bonchev–Trinajstić information content (AvgIpc) is 3.41. The van der Waals surface area contributed by atoms with Crippen LogP contribution in [-0.4, -0.2) is 64.3 Å². The molecule has 0 saturated carbocycles. The van der Waals surface area contributed by atoms with Crippen LogP contribution in [-0.2, 0) is 9.59 Å². The highest BCUT2D eigenvalue weighted by Crippen LogP contribution is 2.38. The molecule has 0 aliphatic carbocycles. The number of amides is 2. The summed E-state index contributed by atoms with van der Waals surface area (Å²) in [6.07, 6.45) is 2.40.